The van der Waals surface area contributed by atoms with Gasteiger partial charge in [-0.2, -0.15) is 0 Å². The topological polar surface area (TPSA) is 84.0 Å². The third-order valence-electron chi connectivity index (χ3n) is 5.70. The quantitative estimate of drug-likeness (QED) is 0.701. The fourth-order valence-corrected chi connectivity index (χ4v) is 4.04. The van der Waals surface area contributed by atoms with Crippen molar-refractivity contribution < 1.29 is 4.79 Å². The van der Waals surface area contributed by atoms with Crippen molar-refractivity contribution in [1.29, 1.82) is 0 Å². The summed E-state index contributed by atoms with van der Waals surface area (Å²) >= 11 is 0. The molecule has 2 aromatic carbocycles. The molecule has 1 heterocycles. The highest BCUT2D eigenvalue weighted by atomic mass is 16.2. The van der Waals surface area contributed by atoms with E-state index >= 15 is 0 Å². The molecule has 0 saturated heterocycles. The van der Waals surface area contributed by atoms with Crippen molar-refractivity contribution in [1.82, 2.24) is 15.1 Å². The van der Waals surface area contributed by atoms with E-state index in [0.29, 0.717) is 10.8 Å². The second-order valence-corrected chi connectivity index (χ2v) is 7.72. The molecule has 4 rings (SSSR count). The number of benzene rings is 2. The van der Waals surface area contributed by atoms with Gasteiger partial charge in [-0.1, -0.05) is 30.3 Å². The van der Waals surface area contributed by atoms with E-state index in [9.17, 15) is 14.4 Å². The lowest BCUT2D eigenvalue weighted by molar-refractivity contribution is -0.122. The van der Waals surface area contributed by atoms with Gasteiger partial charge in [0.2, 0.25) is 5.91 Å². The van der Waals surface area contributed by atoms with Gasteiger partial charge in [-0.05, 0) is 61.4 Å². The van der Waals surface area contributed by atoms with Crippen LogP contribution in [0.15, 0.2) is 52.1 Å². The predicted octanol–water partition coefficient (Wildman–Crippen LogP) is 2.84. The van der Waals surface area contributed by atoms with Crippen molar-refractivity contribution >= 4 is 16.7 Å². The van der Waals surface area contributed by atoms with E-state index in [2.05, 4.69) is 28.6 Å². The Balaban J connectivity index is 1.43. The number of carbonyl (C=O) groups is 1. The molecule has 1 aliphatic carbocycles. The minimum Gasteiger partial charge on any atom is -0.350 e. The highest BCUT2D eigenvalue weighted by Gasteiger charge is 2.15. The molecule has 0 saturated carbocycles. The van der Waals surface area contributed by atoms with Gasteiger partial charge in [0, 0.05) is 6.42 Å². The summed E-state index contributed by atoms with van der Waals surface area (Å²) in [6.07, 6.45) is 4.81. The van der Waals surface area contributed by atoms with Crippen molar-refractivity contribution in [3.05, 3.63) is 79.9 Å². The van der Waals surface area contributed by atoms with Crippen LogP contribution in [0, 0.1) is 0 Å². The number of aromatic nitrogens is 2. The normalized spacial score (nSPS) is 14.4. The van der Waals surface area contributed by atoms with Crippen LogP contribution >= 0.6 is 0 Å². The first-order chi connectivity index (χ1) is 14.0. The van der Waals surface area contributed by atoms with Crippen molar-refractivity contribution in [2.75, 3.05) is 0 Å². The number of fused-ring (bicyclic) bond motifs is 2. The van der Waals surface area contributed by atoms with Gasteiger partial charge in [-0.3, -0.25) is 19.5 Å². The number of nitrogens with one attached hydrogen (secondary N) is 2. The van der Waals surface area contributed by atoms with E-state index in [-0.39, 0.29) is 36.0 Å². The minimum atomic E-state index is -0.331. The Morgan fingerprint density at radius 3 is 2.59 bits per heavy atom. The lowest BCUT2D eigenvalue weighted by Crippen LogP contribution is -2.33. The highest BCUT2D eigenvalue weighted by Crippen LogP contribution is 2.24. The molecule has 29 heavy (non-hydrogen) atoms. The van der Waals surface area contributed by atoms with Gasteiger partial charge in [0.25, 0.3) is 11.1 Å². The minimum absolute atomic E-state index is 0.109. The Hall–Kier alpha value is -3.15. The SMILES string of the molecule is CC(NC(=O)CCn1[nH]c(=O)c2ccccc2c1=O)c1ccc2c(c1)CCCC2. The molecule has 150 valence electrons. The van der Waals surface area contributed by atoms with Gasteiger partial charge >= 0.3 is 0 Å². The smallest absolute Gasteiger partial charge is 0.273 e. The van der Waals surface area contributed by atoms with Gasteiger partial charge in [0.05, 0.1) is 23.4 Å². The molecule has 0 aliphatic heterocycles. The van der Waals surface area contributed by atoms with Crippen LogP contribution in [0.4, 0.5) is 0 Å². The first kappa shape index (κ1) is 19.2. The van der Waals surface area contributed by atoms with Crippen LogP contribution in [0.25, 0.3) is 10.8 Å². The van der Waals surface area contributed by atoms with Crippen LogP contribution in [0.3, 0.4) is 0 Å². The maximum absolute atomic E-state index is 12.5. The Labute approximate surface area is 168 Å². The van der Waals surface area contributed by atoms with Crippen LogP contribution < -0.4 is 16.4 Å². The third kappa shape index (κ3) is 4.01. The summed E-state index contributed by atoms with van der Waals surface area (Å²) in [7, 11) is 0. The molecule has 1 aromatic heterocycles. The lowest BCUT2D eigenvalue weighted by atomic mass is 9.89. The molecule has 0 fully saturated rings. The number of H-pyrrole nitrogens is 1. The highest BCUT2D eigenvalue weighted by molar-refractivity contribution is 5.80. The number of aromatic amines is 1. The molecule has 0 radical (unpaired) electrons. The van der Waals surface area contributed by atoms with Crippen LogP contribution in [0.1, 0.15) is 48.9 Å². The zero-order chi connectivity index (χ0) is 20.4. The fraction of sp³-hybridized carbons (Fsp3) is 0.348. The summed E-state index contributed by atoms with van der Waals surface area (Å²) in [5.74, 6) is -0.156. The monoisotopic (exact) mass is 391 g/mol. The molecule has 1 aliphatic rings. The first-order valence-corrected chi connectivity index (χ1v) is 10.2. The Morgan fingerprint density at radius 1 is 1.07 bits per heavy atom. The summed E-state index contributed by atoms with van der Waals surface area (Å²) in [5.41, 5.74) is 3.27. The Bertz CT molecular complexity index is 1180. The average molecular weight is 391 g/mol. The predicted molar refractivity (Wildman–Crippen MR) is 113 cm³/mol. The Kier molecular flexibility index (Phi) is 5.34. The second-order valence-electron chi connectivity index (χ2n) is 7.72. The van der Waals surface area contributed by atoms with E-state index in [1.165, 1.54) is 28.7 Å². The molecular weight excluding hydrogens is 366 g/mol. The Morgan fingerprint density at radius 2 is 1.79 bits per heavy atom. The zero-order valence-electron chi connectivity index (χ0n) is 16.5. The number of rotatable bonds is 5. The largest absolute Gasteiger partial charge is 0.350 e. The fourth-order valence-electron chi connectivity index (χ4n) is 4.04. The van der Waals surface area contributed by atoms with Crippen LogP contribution in [0.5, 0.6) is 0 Å². The van der Waals surface area contributed by atoms with Gasteiger partial charge < -0.3 is 5.32 Å². The van der Waals surface area contributed by atoms with Crippen molar-refractivity contribution in [2.24, 2.45) is 0 Å². The van der Waals surface area contributed by atoms with E-state index in [4.69, 9.17) is 0 Å². The van der Waals surface area contributed by atoms with Gasteiger partial charge in [-0.15, -0.1) is 0 Å². The first-order valence-electron chi connectivity index (χ1n) is 10.2. The summed E-state index contributed by atoms with van der Waals surface area (Å²) in [5, 5.41) is 6.28. The van der Waals surface area contributed by atoms with Gasteiger partial charge in [0.15, 0.2) is 0 Å². The summed E-state index contributed by atoms with van der Waals surface area (Å²) in [6.45, 7) is 2.09. The van der Waals surface area contributed by atoms with E-state index in [1.54, 1.807) is 24.3 Å². The lowest BCUT2D eigenvalue weighted by Gasteiger charge is -2.20. The van der Waals surface area contributed by atoms with E-state index in [1.807, 2.05) is 6.92 Å². The van der Waals surface area contributed by atoms with Gasteiger partial charge in [0.1, 0.15) is 0 Å². The zero-order valence-corrected chi connectivity index (χ0v) is 16.5. The number of amides is 1. The summed E-state index contributed by atoms with van der Waals surface area (Å²) in [4.78, 5) is 37.1. The second kappa shape index (κ2) is 8.07. The molecule has 0 spiro atoms. The molecule has 1 unspecified atom stereocenters. The molecule has 6 heteroatoms. The van der Waals surface area contributed by atoms with Gasteiger partial charge in [-0.25, -0.2) is 4.68 Å². The molecule has 3 aromatic rings. The maximum atomic E-state index is 12.5. The van der Waals surface area contributed by atoms with E-state index in [0.717, 1.165) is 18.4 Å². The number of nitrogens with zero attached hydrogens (tertiary/aromatic N) is 1. The van der Waals surface area contributed by atoms with Crippen molar-refractivity contribution in [3.63, 3.8) is 0 Å². The number of hydrogen-bond donors (Lipinski definition) is 2. The van der Waals surface area contributed by atoms with Crippen LogP contribution in [-0.4, -0.2) is 15.7 Å². The molecule has 6 nitrogen and oxygen atoms in total. The van der Waals surface area contributed by atoms with Crippen molar-refractivity contribution in [2.45, 2.75) is 51.6 Å². The standard InChI is InChI=1S/C23H25N3O3/c1-15(17-11-10-16-6-2-3-7-18(16)14-17)24-21(27)12-13-26-23(29)20-9-5-4-8-19(20)22(28)25-26/h4-5,8-11,14-15H,2-3,6-7,12-13H2,1H3,(H,24,27)(H,25,28). The van der Waals surface area contributed by atoms with Crippen LogP contribution in [-0.2, 0) is 24.2 Å². The summed E-state index contributed by atoms with van der Waals surface area (Å²) < 4.78 is 1.22. The molecule has 1 amide bonds. The average Bonchev–Trinajstić information content (AvgIpc) is 2.75. The molecule has 2 N–H and O–H groups in total. The number of hydrogen-bond acceptors (Lipinski definition) is 3. The van der Waals surface area contributed by atoms with Crippen molar-refractivity contribution in [3.8, 4) is 0 Å². The van der Waals surface area contributed by atoms with E-state index < -0.39 is 0 Å². The number of carbonyl (C=O) groups excluding carboxylic acids is 1. The third-order valence-corrected chi connectivity index (χ3v) is 5.70. The summed E-state index contributed by atoms with van der Waals surface area (Å²) in [6, 6.07) is 13.0. The number of aryl methyl sites for hydroxylation is 3. The molecular formula is C23H25N3O3. The molecule has 0 bridgehead atoms. The van der Waals surface area contributed by atoms with Crippen LogP contribution in [0.2, 0.25) is 0 Å². The maximum Gasteiger partial charge on any atom is 0.273 e. The molecule has 1 atom stereocenters.